The lowest BCUT2D eigenvalue weighted by molar-refractivity contribution is -0.143. The highest BCUT2D eigenvalue weighted by atomic mass is 16.6. The van der Waals surface area contributed by atoms with Gasteiger partial charge in [-0.25, -0.2) is 9.59 Å². The van der Waals surface area contributed by atoms with Crippen LogP contribution in [0.5, 0.6) is 0 Å². The highest BCUT2D eigenvalue weighted by Gasteiger charge is 2.32. The van der Waals surface area contributed by atoms with Gasteiger partial charge in [0.05, 0.1) is 0 Å². The van der Waals surface area contributed by atoms with Gasteiger partial charge in [0, 0.05) is 6.54 Å². The molecule has 2 aromatic rings. The largest absolute Gasteiger partial charge is 0.480 e. The summed E-state index contributed by atoms with van der Waals surface area (Å²) in [6.07, 6.45) is 1.05. The van der Waals surface area contributed by atoms with Gasteiger partial charge in [-0.2, -0.15) is 0 Å². The number of carbonyl (C=O) groups is 2. The van der Waals surface area contributed by atoms with Crippen LogP contribution < -0.4 is 5.73 Å². The molecule has 1 atom stereocenters. The Bertz CT molecular complexity index is 814. The van der Waals surface area contributed by atoms with Crippen LogP contribution in [0.2, 0.25) is 0 Å². The van der Waals surface area contributed by atoms with Gasteiger partial charge in [0.25, 0.3) is 0 Å². The van der Waals surface area contributed by atoms with Crippen molar-refractivity contribution < 1.29 is 19.4 Å². The van der Waals surface area contributed by atoms with E-state index in [1.54, 1.807) is 20.8 Å². The number of unbranched alkanes of at least 4 members (excludes halogenated alkanes) is 1. The molecule has 0 saturated heterocycles. The Kier molecular flexibility index (Phi) is 7.40. The molecule has 0 aliphatic rings. The molecule has 152 valence electrons. The van der Waals surface area contributed by atoms with Crippen LogP contribution in [0.4, 0.5) is 4.79 Å². The number of carbonyl (C=O) groups excluding carboxylic acids is 1. The van der Waals surface area contributed by atoms with Crippen LogP contribution in [-0.2, 0) is 16.1 Å². The summed E-state index contributed by atoms with van der Waals surface area (Å²) in [7, 11) is 0. The average Bonchev–Trinajstić information content (AvgIpc) is 2.62. The van der Waals surface area contributed by atoms with Crippen LogP contribution in [0.3, 0.4) is 0 Å². The molecule has 1 amide bonds. The second-order valence-corrected chi connectivity index (χ2v) is 7.93. The first kappa shape index (κ1) is 21.7. The van der Waals surface area contributed by atoms with Gasteiger partial charge < -0.3 is 15.6 Å². The fourth-order valence-electron chi connectivity index (χ4n) is 3.05. The predicted octanol–water partition coefficient (Wildman–Crippen LogP) is 4.16. The SMILES string of the molecule is CC(C)(C)OC(=O)N(Cc1ccc2ccccc2c1)[C@@H](CCCCN)C(=O)O. The Morgan fingerprint density at radius 3 is 2.39 bits per heavy atom. The summed E-state index contributed by atoms with van der Waals surface area (Å²) in [5.74, 6) is -1.04. The molecule has 28 heavy (non-hydrogen) atoms. The number of hydrogen-bond donors (Lipinski definition) is 2. The van der Waals surface area contributed by atoms with E-state index in [9.17, 15) is 14.7 Å². The molecule has 0 aliphatic carbocycles. The second-order valence-electron chi connectivity index (χ2n) is 7.93. The summed E-state index contributed by atoms with van der Waals surface area (Å²) in [5, 5.41) is 11.9. The Hall–Kier alpha value is -2.60. The molecule has 0 aromatic heterocycles. The van der Waals surface area contributed by atoms with Crippen LogP contribution in [0.1, 0.15) is 45.6 Å². The molecular weight excluding hydrogens is 356 g/mol. The van der Waals surface area contributed by atoms with E-state index in [1.807, 2.05) is 42.5 Å². The third kappa shape index (κ3) is 6.23. The van der Waals surface area contributed by atoms with Crippen molar-refractivity contribution in [1.29, 1.82) is 0 Å². The summed E-state index contributed by atoms with van der Waals surface area (Å²) < 4.78 is 5.50. The second kappa shape index (κ2) is 9.55. The van der Waals surface area contributed by atoms with Crippen molar-refractivity contribution in [3.8, 4) is 0 Å². The minimum atomic E-state index is -1.04. The van der Waals surface area contributed by atoms with Gasteiger partial charge in [0.15, 0.2) is 0 Å². The number of fused-ring (bicyclic) bond motifs is 1. The molecule has 0 fully saturated rings. The summed E-state index contributed by atoms with van der Waals surface area (Å²) in [6.45, 7) is 5.96. The highest BCUT2D eigenvalue weighted by Crippen LogP contribution is 2.21. The molecule has 2 rings (SSSR count). The third-order valence-corrected chi connectivity index (χ3v) is 4.39. The number of rotatable bonds is 8. The molecule has 2 aromatic carbocycles. The number of carboxylic acids is 1. The lowest BCUT2D eigenvalue weighted by atomic mass is 10.0. The van der Waals surface area contributed by atoms with Gasteiger partial charge in [-0.15, -0.1) is 0 Å². The van der Waals surface area contributed by atoms with E-state index >= 15 is 0 Å². The van der Waals surface area contributed by atoms with Crippen molar-refractivity contribution in [2.45, 2.75) is 58.2 Å². The monoisotopic (exact) mass is 386 g/mol. The summed E-state index contributed by atoms with van der Waals surface area (Å²) >= 11 is 0. The van der Waals surface area contributed by atoms with Crippen molar-refractivity contribution in [3.05, 3.63) is 48.0 Å². The van der Waals surface area contributed by atoms with E-state index in [0.29, 0.717) is 25.8 Å². The summed E-state index contributed by atoms with van der Waals surface area (Å²) in [4.78, 5) is 26.1. The van der Waals surface area contributed by atoms with Crippen molar-refractivity contribution in [1.82, 2.24) is 4.90 Å². The lowest BCUT2D eigenvalue weighted by Crippen LogP contribution is -2.46. The number of amides is 1. The smallest absolute Gasteiger partial charge is 0.411 e. The Morgan fingerprint density at radius 2 is 1.79 bits per heavy atom. The van der Waals surface area contributed by atoms with E-state index in [4.69, 9.17) is 10.5 Å². The van der Waals surface area contributed by atoms with E-state index in [2.05, 4.69) is 0 Å². The molecule has 0 spiro atoms. The zero-order valence-corrected chi connectivity index (χ0v) is 16.9. The molecule has 0 saturated carbocycles. The first-order valence-corrected chi connectivity index (χ1v) is 9.61. The standard InChI is InChI=1S/C22H30N2O4/c1-22(2,3)28-21(27)24(19(20(25)26)10-6-7-13-23)15-16-11-12-17-8-4-5-9-18(17)14-16/h4-5,8-9,11-12,14,19H,6-7,10,13,15,23H2,1-3H3,(H,25,26)/t19-/m0/s1. The van der Waals surface area contributed by atoms with Gasteiger partial charge in [0.2, 0.25) is 0 Å². The van der Waals surface area contributed by atoms with Crippen LogP contribution in [0.25, 0.3) is 10.8 Å². The maximum atomic E-state index is 12.8. The molecule has 0 unspecified atom stereocenters. The fourth-order valence-corrected chi connectivity index (χ4v) is 3.05. The zero-order chi connectivity index (χ0) is 20.7. The van der Waals surface area contributed by atoms with Crippen molar-refractivity contribution >= 4 is 22.8 Å². The van der Waals surface area contributed by atoms with Gasteiger partial charge in [0.1, 0.15) is 11.6 Å². The number of ether oxygens (including phenoxy) is 1. The normalized spacial score (nSPS) is 12.6. The van der Waals surface area contributed by atoms with Crippen LogP contribution in [0, 0.1) is 0 Å². The van der Waals surface area contributed by atoms with E-state index in [0.717, 1.165) is 16.3 Å². The Balaban J connectivity index is 2.31. The van der Waals surface area contributed by atoms with Crippen LogP contribution >= 0.6 is 0 Å². The molecule has 0 aliphatic heterocycles. The van der Waals surface area contributed by atoms with Crippen molar-refractivity contribution in [2.75, 3.05) is 6.54 Å². The zero-order valence-electron chi connectivity index (χ0n) is 16.9. The Morgan fingerprint density at radius 1 is 1.11 bits per heavy atom. The van der Waals surface area contributed by atoms with Crippen LogP contribution in [0.15, 0.2) is 42.5 Å². The number of aliphatic carboxylic acids is 1. The minimum absolute atomic E-state index is 0.166. The predicted molar refractivity (Wildman–Crippen MR) is 110 cm³/mol. The fraction of sp³-hybridized carbons (Fsp3) is 0.455. The van der Waals surface area contributed by atoms with E-state index < -0.39 is 23.7 Å². The minimum Gasteiger partial charge on any atom is -0.480 e. The van der Waals surface area contributed by atoms with E-state index in [1.165, 1.54) is 4.90 Å². The number of nitrogens with zero attached hydrogens (tertiary/aromatic N) is 1. The number of carboxylic acid groups (broad SMARTS) is 1. The molecule has 3 N–H and O–H groups in total. The molecule has 6 nitrogen and oxygen atoms in total. The third-order valence-electron chi connectivity index (χ3n) is 4.39. The Labute approximate surface area is 166 Å². The number of benzene rings is 2. The van der Waals surface area contributed by atoms with Gasteiger partial charge in [-0.3, -0.25) is 4.90 Å². The molecule has 0 heterocycles. The lowest BCUT2D eigenvalue weighted by Gasteiger charge is -2.31. The quantitative estimate of drug-likeness (QED) is 0.665. The average molecular weight is 386 g/mol. The van der Waals surface area contributed by atoms with Gasteiger partial charge in [-0.05, 0) is 69.0 Å². The highest BCUT2D eigenvalue weighted by molar-refractivity contribution is 5.83. The van der Waals surface area contributed by atoms with Gasteiger partial charge in [-0.1, -0.05) is 36.4 Å². The number of nitrogens with two attached hydrogens (primary N) is 1. The van der Waals surface area contributed by atoms with Crippen molar-refractivity contribution in [2.24, 2.45) is 5.73 Å². The van der Waals surface area contributed by atoms with Crippen LogP contribution in [-0.4, -0.2) is 40.3 Å². The molecule has 6 heteroatoms. The molecular formula is C22H30N2O4. The summed E-state index contributed by atoms with van der Waals surface area (Å²) in [5.41, 5.74) is 5.68. The first-order valence-electron chi connectivity index (χ1n) is 9.61. The summed E-state index contributed by atoms with van der Waals surface area (Å²) in [6, 6.07) is 12.8. The maximum Gasteiger partial charge on any atom is 0.411 e. The first-order chi connectivity index (χ1) is 13.2. The van der Waals surface area contributed by atoms with Crippen molar-refractivity contribution in [3.63, 3.8) is 0 Å². The topological polar surface area (TPSA) is 92.9 Å². The van der Waals surface area contributed by atoms with E-state index in [-0.39, 0.29) is 6.54 Å². The molecule has 0 radical (unpaired) electrons. The van der Waals surface area contributed by atoms with Gasteiger partial charge >= 0.3 is 12.1 Å². The number of hydrogen-bond acceptors (Lipinski definition) is 4. The maximum absolute atomic E-state index is 12.8. The molecule has 0 bridgehead atoms.